The number of nitrogens with zero attached hydrogens (tertiary/aromatic N) is 2. The lowest BCUT2D eigenvalue weighted by atomic mass is 10.0. The molecule has 0 aliphatic carbocycles. The minimum atomic E-state index is -3.90. The molecule has 0 aromatic heterocycles. The topological polar surface area (TPSA) is 117 Å². The van der Waals surface area contributed by atoms with E-state index in [1.165, 1.54) is 29.8 Å². The van der Waals surface area contributed by atoms with Crippen molar-refractivity contribution in [3.8, 4) is 5.75 Å². The SMILES string of the molecule is CC(C)c1ccc(COc2ccc(/C=C3\SC(Nc4ccc(N5CC(=O)NS5(=O)=O)cc4)=NC3=O)cc2F)cc1. The van der Waals surface area contributed by atoms with Gasteiger partial charge in [-0.2, -0.15) is 13.4 Å². The number of nitrogens with one attached hydrogen (secondary N) is 2. The predicted octanol–water partition coefficient (Wildman–Crippen LogP) is 4.79. The number of amides is 2. The van der Waals surface area contributed by atoms with Crippen LogP contribution in [0, 0.1) is 5.82 Å². The molecule has 0 atom stereocenters. The highest BCUT2D eigenvalue weighted by Crippen LogP contribution is 2.31. The molecule has 0 bridgehead atoms. The van der Waals surface area contributed by atoms with Gasteiger partial charge in [0.1, 0.15) is 13.2 Å². The number of hydrogen-bond donors (Lipinski definition) is 2. The van der Waals surface area contributed by atoms with Gasteiger partial charge < -0.3 is 10.1 Å². The summed E-state index contributed by atoms with van der Waals surface area (Å²) in [6.45, 7) is 4.18. The van der Waals surface area contributed by atoms with Crippen molar-refractivity contribution in [2.45, 2.75) is 26.4 Å². The molecule has 0 unspecified atom stereocenters. The number of carbonyl (C=O) groups is 2. The average Bonchev–Trinajstić information content (AvgIpc) is 3.39. The van der Waals surface area contributed by atoms with Crippen LogP contribution in [0.5, 0.6) is 5.75 Å². The van der Waals surface area contributed by atoms with Crippen LogP contribution in [-0.2, 0) is 26.4 Å². The van der Waals surface area contributed by atoms with Crippen molar-refractivity contribution in [3.05, 3.63) is 94.1 Å². The molecule has 2 heterocycles. The first kappa shape index (κ1) is 27.4. The zero-order valence-electron chi connectivity index (χ0n) is 21.5. The summed E-state index contributed by atoms with van der Waals surface area (Å²) < 4.78 is 47.3. The molecule has 3 aromatic carbocycles. The third-order valence-corrected chi connectivity index (χ3v) is 8.45. The fourth-order valence-electron chi connectivity index (χ4n) is 4.01. The standard InChI is InChI=1S/C28H25FN4O5S2/c1-17(2)20-6-3-18(4-7-20)16-38-24-12-5-19(13-23(24)29)14-25-27(35)31-28(39-25)30-21-8-10-22(11-9-21)33-15-26(34)32-40(33,36)37/h3-14,17H,15-16H2,1-2H3,(H,32,34)(H,30,31,35)/b25-14-. The summed E-state index contributed by atoms with van der Waals surface area (Å²) in [7, 11) is -3.90. The van der Waals surface area contributed by atoms with Crippen LogP contribution < -0.4 is 19.1 Å². The third-order valence-electron chi connectivity index (χ3n) is 6.14. The Hall–Kier alpha value is -4.16. The second kappa shape index (κ2) is 11.1. The van der Waals surface area contributed by atoms with Crippen LogP contribution >= 0.6 is 11.8 Å². The minimum absolute atomic E-state index is 0.115. The van der Waals surface area contributed by atoms with Crippen LogP contribution in [0.15, 0.2) is 76.6 Å². The van der Waals surface area contributed by atoms with E-state index < -0.39 is 27.8 Å². The molecule has 0 radical (unpaired) electrons. The number of thioether (sulfide) groups is 1. The molecular formula is C28H25FN4O5S2. The van der Waals surface area contributed by atoms with Gasteiger partial charge >= 0.3 is 10.2 Å². The number of benzene rings is 3. The number of amidine groups is 1. The van der Waals surface area contributed by atoms with Crippen molar-refractivity contribution >= 4 is 56.4 Å². The van der Waals surface area contributed by atoms with E-state index in [4.69, 9.17) is 4.74 Å². The highest BCUT2D eigenvalue weighted by Gasteiger charge is 2.34. The Morgan fingerprint density at radius 2 is 1.82 bits per heavy atom. The normalized spacial score (nSPS) is 17.4. The zero-order chi connectivity index (χ0) is 28.4. The smallest absolute Gasteiger partial charge is 0.326 e. The highest BCUT2D eigenvalue weighted by molar-refractivity contribution is 8.18. The maximum absolute atomic E-state index is 14.7. The Morgan fingerprint density at radius 3 is 2.45 bits per heavy atom. The molecule has 2 aliphatic rings. The second-order valence-corrected chi connectivity index (χ2v) is 12.0. The van der Waals surface area contributed by atoms with Gasteiger partial charge in [0.15, 0.2) is 16.7 Å². The first-order chi connectivity index (χ1) is 19.1. The lowest BCUT2D eigenvalue weighted by Gasteiger charge is -2.15. The van der Waals surface area contributed by atoms with Gasteiger partial charge in [0.05, 0.1) is 10.6 Å². The maximum atomic E-state index is 14.7. The summed E-state index contributed by atoms with van der Waals surface area (Å²) in [5, 5.41) is 3.32. The Bertz CT molecular complexity index is 1640. The Morgan fingerprint density at radius 1 is 1.10 bits per heavy atom. The van der Waals surface area contributed by atoms with E-state index in [0.717, 1.165) is 21.6 Å². The lowest BCUT2D eigenvalue weighted by Crippen LogP contribution is -2.29. The molecule has 5 rings (SSSR count). The van der Waals surface area contributed by atoms with Crippen LogP contribution in [0.25, 0.3) is 6.08 Å². The number of carbonyl (C=O) groups excluding carboxylic acids is 2. The summed E-state index contributed by atoms with van der Waals surface area (Å²) in [5.41, 5.74) is 3.52. The number of hydrogen-bond acceptors (Lipinski definition) is 7. The average molecular weight is 581 g/mol. The van der Waals surface area contributed by atoms with Gasteiger partial charge in [0.25, 0.3) is 11.8 Å². The van der Waals surface area contributed by atoms with Gasteiger partial charge in [-0.1, -0.05) is 44.2 Å². The summed E-state index contributed by atoms with van der Waals surface area (Å²) in [6, 6.07) is 18.8. The van der Waals surface area contributed by atoms with Gasteiger partial charge in [0, 0.05) is 5.69 Å². The summed E-state index contributed by atoms with van der Waals surface area (Å²) in [5.74, 6) is -1.07. The van der Waals surface area contributed by atoms with Crippen molar-refractivity contribution in [3.63, 3.8) is 0 Å². The molecule has 9 nitrogen and oxygen atoms in total. The van der Waals surface area contributed by atoms with Crippen molar-refractivity contribution in [1.29, 1.82) is 0 Å². The largest absolute Gasteiger partial charge is 0.486 e. The first-order valence-electron chi connectivity index (χ1n) is 12.3. The van der Waals surface area contributed by atoms with E-state index in [1.54, 1.807) is 24.3 Å². The fourth-order valence-corrected chi connectivity index (χ4v) is 5.99. The van der Waals surface area contributed by atoms with E-state index in [0.29, 0.717) is 32.9 Å². The molecule has 206 valence electrons. The molecule has 2 aliphatic heterocycles. The van der Waals surface area contributed by atoms with Gasteiger partial charge in [-0.3, -0.25) is 9.59 Å². The highest BCUT2D eigenvalue weighted by atomic mass is 32.2. The van der Waals surface area contributed by atoms with Gasteiger partial charge in [-0.15, -0.1) is 0 Å². The van der Waals surface area contributed by atoms with E-state index in [-0.39, 0.29) is 18.9 Å². The van der Waals surface area contributed by atoms with Crippen LogP contribution in [0.4, 0.5) is 15.8 Å². The number of rotatable bonds is 7. The lowest BCUT2D eigenvalue weighted by molar-refractivity contribution is -0.117. The summed E-state index contributed by atoms with van der Waals surface area (Å²) >= 11 is 1.09. The Kier molecular flexibility index (Phi) is 7.63. The zero-order valence-corrected chi connectivity index (χ0v) is 23.2. The summed E-state index contributed by atoms with van der Waals surface area (Å²) in [6.07, 6.45) is 1.55. The van der Waals surface area contributed by atoms with Crippen LogP contribution in [0.3, 0.4) is 0 Å². The minimum Gasteiger partial charge on any atom is -0.486 e. The Labute approximate surface area is 235 Å². The molecule has 40 heavy (non-hydrogen) atoms. The number of anilines is 2. The van der Waals surface area contributed by atoms with Crippen molar-refractivity contribution in [2.24, 2.45) is 4.99 Å². The van der Waals surface area contributed by atoms with Crippen molar-refractivity contribution in [1.82, 2.24) is 4.72 Å². The quantitative estimate of drug-likeness (QED) is 0.386. The van der Waals surface area contributed by atoms with Crippen molar-refractivity contribution < 1.29 is 27.1 Å². The second-order valence-electron chi connectivity index (χ2n) is 9.42. The molecule has 0 saturated carbocycles. The van der Waals surface area contributed by atoms with Gasteiger partial charge in [-0.25, -0.2) is 13.4 Å². The fraction of sp³-hybridized carbons (Fsp3) is 0.179. The number of ether oxygens (including phenoxy) is 1. The molecule has 1 saturated heterocycles. The first-order valence-corrected chi connectivity index (χ1v) is 14.6. The van der Waals surface area contributed by atoms with Crippen LogP contribution in [-0.4, -0.2) is 31.9 Å². The van der Waals surface area contributed by atoms with Gasteiger partial charge in [0.2, 0.25) is 0 Å². The predicted molar refractivity (Wildman–Crippen MR) is 154 cm³/mol. The molecule has 0 spiro atoms. The van der Waals surface area contributed by atoms with E-state index in [1.807, 2.05) is 29.0 Å². The molecular weight excluding hydrogens is 555 g/mol. The van der Waals surface area contributed by atoms with Crippen molar-refractivity contribution in [2.75, 3.05) is 16.2 Å². The van der Waals surface area contributed by atoms with Crippen LogP contribution in [0.2, 0.25) is 0 Å². The third kappa shape index (κ3) is 6.18. The van der Waals surface area contributed by atoms with E-state index >= 15 is 0 Å². The van der Waals surface area contributed by atoms with E-state index in [9.17, 15) is 22.4 Å². The number of aliphatic imine (C=N–C) groups is 1. The van der Waals surface area contributed by atoms with Crippen LogP contribution in [0.1, 0.15) is 36.5 Å². The van der Waals surface area contributed by atoms with E-state index in [2.05, 4.69) is 24.2 Å². The monoisotopic (exact) mass is 580 g/mol. The number of halogens is 1. The Balaban J connectivity index is 1.19. The molecule has 3 aromatic rings. The molecule has 2 amide bonds. The van der Waals surface area contributed by atoms with Gasteiger partial charge in [-0.05, 0) is 76.8 Å². The molecule has 1 fully saturated rings. The maximum Gasteiger partial charge on any atom is 0.326 e. The summed E-state index contributed by atoms with van der Waals surface area (Å²) in [4.78, 5) is 28.2. The molecule has 12 heteroatoms. The molecule has 2 N–H and O–H groups in total.